The maximum absolute atomic E-state index is 5.82. The number of hydrogen-bond donors (Lipinski definition) is 2. The minimum atomic E-state index is 0. The Labute approximate surface area is 167 Å². The lowest BCUT2D eigenvalue weighted by Gasteiger charge is -2.17. The van der Waals surface area contributed by atoms with Gasteiger partial charge in [-0.25, -0.2) is 0 Å². The van der Waals surface area contributed by atoms with Crippen molar-refractivity contribution < 1.29 is 14.2 Å². The maximum Gasteiger partial charge on any atom is 0.191 e. The molecular formula is C18H30IN3O3. The summed E-state index contributed by atoms with van der Waals surface area (Å²) in [5.74, 6) is 1.66. The van der Waals surface area contributed by atoms with Crippen molar-refractivity contribution in [1.82, 2.24) is 10.6 Å². The molecule has 1 saturated heterocycles. The molecule has 0 bridgehead atoms. The van der Waals surface area contributed by atoms with Gasteiger partial charge in [0.2, 0.25) is 0 Å². The Bertz CT molecular complexity index is 534. The average Bonchev–Trinajstić information content (AvgIpc) is 3.10. The molecule has 0 radical (unpaired) electrons. The Hall–Kier alpha value is -1.06. The zero-order valence-electron chi connectivity index (χ0n) is 15.3. The third-order valence-electron chi connectivity index (χ3n) is 3.96. The van der Waals surface area contributed by atoms with Crippen molar-refractivity contribution >= 4 is 29.9 Å². The van der Waals surface area contributed by atoms with Crippen molar-refractivity contribution in [3.8, 4) is 5.75 Å². The fourth-order valence-corrected chi connectivity index (χ4v) is 2.59. The lowest BCUT2D eigenvalue weighted by Crippen LogP contribution is -2.40. The van der Waals surface area contributed by atoms with Gasteiger partial charge < -0.3 is 24.8 Å². The lowest BCUT2D eigenvalue weighted by molar-refractivity contribution is 0.114. The summed E-state index contributed by atoms with van der Waals surface area (Å²) in [6, 6.07) is 6.22. The van der Waals surface area contributed by atoms with Crippen molar-refractivity contribution in [1.29, 1.82) is 0 Å². The number of methoxy groups -OCH3 is 1. The Morgan fingerprint density at radius 2 is 2.16 bits per heavy atom. The van der Waals surface area contributed by atoms with Gasteiger partial charge in [0.25, 0.3) is 0 Å². The van der Waals surface area contributed by atoms with E-state index in [4.69, 9.17) is 14.2 Å². The van der Waals surface area contributed by atoms with Crippen molar-refractivity contribution in [3.05, 3.63) is 29.3 Å². The minimum Gasteiger partial charge on any atom is -0.491 e. The number of aliphatic imine (C=N–C) groups is 1. The predicted octanol–water partition coefficient (Wildman–Crippen LogP) is 2.48. The summed E-state index contributed by atoms with van der Waals surface area (Å²) < 4.78 is 16.5. The Morgan fingerprint density at radius 3 is 2.84 bits per heavy atom. The number of guanidine groups is 1. The van der Waals surface area contributed by atoms with E-state index < -0.39 is 0 Å². The van der Waals surface area contributed by atoms with Crippen LogP contribution in [0.5, 0.6) is 5.75 Å². The Kier molecular flexibility index (Phi) is 10.8. The van der Waals surface area contributed by atoms with Crippen molar-refractivity contribution in [2.24, 2.45) is 4.99 Å². The molecule has 1 fully saturated rings. The molecule has 1 aromatic rings. The van der Waals surface area contributed by atoms with Crippen LogP contribution >= 0.6 is 24.0 Å². The highest BCUT2D eigenvalue weighted by atomic mass is 127. The summed E-state index contributed by atoms with van der Waals surface area (Å²) in [6.45, 7) is 5.47. The topological polar surface area (TPSA) is 64.1 Å². The van der Waals surface area contributed by atoms with Crippen LogP contribution in [0.15, 0.2) is 23.2 Å². The summed E-state index contributed by atoms with van der Waals surface area (Å²) in [5.41, 5.74) is 2.27. The average molecular weight is 463 g/mol. The smallest absolute Gasteiger partial charge is 0.191 e. The third-order valence-corrected chi connectivity index (χ3v) is 3.96. The van der Waals surface area contributed by atoms with E-state index in [2.05, 4.69) is 40.7 Å². The number of hydrogen-bond acceptors (Lipinski definition) is 4. The van der Waals surface area contributed by atoms with Gasteiger partial charge >= 0.3 is 0 Å². The van der Waals surface area contributed by atoms with Gasteiger partial charge in [0.1, 0.15) is 12.4 Å². The number of nitrogens with one attached hydrogen (secondary N) is 2. The van der Waals surface area contributed by atoms with Gasteiger partial charge in [0.15, 0.2) is 5.96 Å². The molecule has 25 heavy (non-hydrogen) atoms. The number of rotatable bonds is 8. The lowest BCUT2D eigenvalue weighted by atomic mass is 10.1. The predicted molar refractivity (Wildman–Crippen MR) is 111 cm³/mol. The molecule has 1 unspecified atom stereocenters. The van der Waals surface area contributed by atoms with Gasteiger partial charge in [-0.2, -0.15) is 0 Å². The van der Waals surface area contributed by atoms with Gasteiger partial charge in [-0.3, -0.25) is 4.99 Å². The van der Waals surface area contributed by atoms with Crippen molar-refractivity contribution in [2.75, 3.05) is 40.5 Å². The molecule has 6 nitrogen and oxygen atoms in total. The van der Waals surface area contributed by atoms with Crippen LogP contribution in [0.25, 0.3) is 0 Å². The van der Waals surface area contributed by atoms with Crippen LogP contribution in [-0.2, 0) is 16.0 Å². The first-order valence-electron chi connectivity index (χ1n) is 8.50. The molecule has 2 rings (SSSR count). The molecule has 0 spiro atoms. The number of ether oxygens (including phenoxy) is 3. The number of halogens is 1. The van der Waals surface area contributed by atoms with Crippen LogP contribution in [0.2, 0.25) is 0 Å². The standard InChI is InChI=1S/C18H29N3O3.HI/c1-14-6-7-15(17(11-14)24-10-9-22-3)12-20-18(19-2)21-13-16-5-4-8-23-16;/h6-7,11,16H,4-5,8-10,12-13H2,1-3H3,(H2,19,20,21);1H. The first kappa shape index (κ1) is 22.0. The Morgan fingerprint density at radius 1 is 1.32 bits per heavy atom. The largest absolute Gasteiger partial charge is 0.491 e. The molecule has 1 aliphatic rings. The van der Waals surface area contributed by atoms with E-state index >= 15 is 0 Å². The van der Waals surface area contributed by atoms with Crippen LogP contribution in [0.1, 0.15) is 24.0 Å². The van der Waals surface area contributed by atoms with Crippen LogP contribution in [0.4, 0.5) is 0 Å². The van der Waals surface area contributed by atoms with E-state index in [0.717, 1.165) is 43.3 Å². The molecule has 0 saturated carbocycles. The fraction of sp³-hybridized carbons (Fsp3) is 0.611. The monoisotopic (exact) mass is 463 g/mol. The SMILES string of the molecule is CN=C(NCc1ccc(C)cc1OCCOC)NCC1CCCO1.I. The zero-order chi connectivity index (χ0) is 17.2. The molecule has 0 amide bonds. The fourth-order valence-electron chi connectivity index (χ4n) is 2.59. The molecule has 0 aliphatic carbocycles. The minimum absolute atomic E-state index is 0. The van der Waals surface area contributed by atoms with Crippen molar-refractivity contribution in [3.63, 3.8) is 0 Å². The zero-order valence-corrected chi connectivity index (χ0v) is 17.7. The second-order valence-corrected chi connectivity index (χ2v) is 5.89. The van der Waals surface area contributed by atoms with Crippen LogP contribution < -0.4 is 15.4 Å². The van der Waals surface area contributed by atoms with Gasteiger partial charge in [-0.1, -0.05) is 12.1 Å². The van der Waals surface area contributed by atoms with E-state index in [-0.39, 0.29) is 30.1 Å². The van der Waals surface area contributed by atoms with Crippen LogP contribution in [0.3, 0.4) is 0 Å². The first-order chi connectivity index (χ1) is 11.7. The molecule has 7 heteroatoms. The Balaban J connectivity index is 0.00000312. The summed E-state index contributed by atoms with van der Waals surface area (Å²) in [7, 11) is 3.45. The van der Waals surface area contributed by atoms with Crippen LogP contribution in [0, 0.1) is 6.92 Å². The van der Waals surface area contributed by atoms with E-state index in [1.807, 2.05) is 0 Å². The van der Waals surface area contributed by atoms with E-state index in [1.54, 1.807) is 14.2 Å². The molecule has 142 valence electrons. The van der Waals surface area contributed by atoms with Crippen molar-refractivity contribution in [2.45, 2.75) is 32.4 Å². The molecular weight excluding hydrogens is 433 g/mol. The second-order valence-electron chi connectivity index (χ2n) is 5.89. The molecule has 1 aliphatic heterocycles. The molecule has 1 atom stereocenters. The van der Waals surface area contributed by atoms with Gasteiger partial charge in [0.05, 0.1) is 12.7 Å². The summed E-state index contributed by atoms with van der Waals surface area (Å²) >= 11 is 0. The maximum atomic E-state index is 5.82. The summed E-state index contributed by atoms with van der Waals surface area (Å²) in [4.78, 5) is 4.26. The van der Waals surface area contributed by atoms with E-state index in [1.165, 1.54) is 5.56 Å². The van der Waals surface area contributed by atoms with E-state index in [0.29, 0.717) is 19.8 Å². The van der Waals surface area contributed by atoms with Gasteiger partial charge in [-0.05, 0) is 31.4 Å². The number of aryl methyl sites for hydroxylation is 1. The normalized spacial score (nSPS) is 17.1. The molecule has 0 aromatic heterocycles. The number of nitrogens with zero attached hydrogens (tertiary/aromatic N) is 1. The highest BCUT2D eigenvalue weighted by Gasteiger charge is 2.15. The second kappa shape index (κ2) is 12.3. The highest BCUT2D eigenvalue weighted by molar-refractivity contribution is 14.0. The third kappa shape index (κ3) is 7.79. The van der Waals surface area contributed by atoms with Crippen LogP contribution in [-0.4, -0.2) is 52.6 Å². The molecule has 2 N–H and O–H groups in total. The molecule has 1 aromatic carbocycles. The summed E-state index contributed by atoms with van der Waals surface area (Å²) in [6.07, 6.45) is 2.54. The molecule has 1 heterocycles. The first-order valence-corrected chi connectivity index (χ1v) is 8.50. The van der Waals surface area contributed by atoms with E-state index in [9.17, 15) is 0 Å². The number of benzene rings is 1. The summed E-state index contributed by atoms with van der Waals surface area (Å²) in [5, 5.41) is 6.65. The highest BCUT2D eigenvalue weighted by Crippen LogP contribution is 2.20. The quantitative estimate of drug-likeness (QED) is 0.269. The van der Waals surface area contributed by atoms with Gasteiger partial charge in [0, 0.05) is 39.4 Å². The van der Waals surface area contributed by atoms with Gasteiger partial charge in [-0.15, -0.1) is 24.0 Å².